The SMILES string of the molecule is Cc1ccc2c(c1)Oc1ncccc1N(C(=O)CCC(=O)O)C2. The Bertz CT molecular complexity index is 773. The quantitative estimate of drug-likeness (QED) is 0.942. The van der Waals surface area contributed by atoms with Crippen molar-refractivity contribution in [3.63, 3.8) is 0 Å². The summed E-state index contributed by atoms with van der Waals surface area (Å²) in [6, 6.07) is 9.24. The van der Waals surface area contributed by atoms with Gasteiger partial charge in [-0.1, -0.05) is 12.1 Å². The summed E-state index contributed by atoms with van der Waals surface area (Å²) in [5.74, 6) is -0.246. The molecule has 1 N–H and O–H groups in total. The molecule has 2 aromatic rings. The second kappa shape index (κ2) is 6.08. The lowest BCUT2D eigenvalue weighted by Gasteiger charge is -2.21. The summed E-state index contributed by atoms with van der Waals surface area (Å²) < 4.78 is 5.87. The number of carbonyl (C=O) groups excluding carboxylic acids is 1. The van der Waals surface area contributed by atoms with Gasteiger partial charge in [0.15, 0.2) is 0 Å². The average Bonchev–Trinajstić information content (AvgIpc) is 2.68. The number of amides is 1. The number of anilines is 1. The van der Waals surface area contributed by atoms with E-state index in [4.69, 9.17) is 9.84 Å². The zero-order valence-corrected chi connectivity index (χ0v) is 12.7. The lowest BCUT2D eigenvalue weighted by Crippen LogP contribution is -2.30. The average molecular weight is 312 g/mol. The maximum Gasteiger partial charge on any atom is 0.303 e. The van der Waals surface area contributed by atoms with Crippen LogP contribution in [-0.4, -0.2) is 22.0 Å². The molecule has 0 radical (unpaired) electrons. The maximum atomic E-state index is 12.5. The molecule has 23 heavy (non-hydrogen) atoms. The Morgan fingerprint density at radius 3 is 2.91 bits per heavy atom. The Morgan fingerprint density at radius 1 is 1.30 bits per heavy atom. The Balaban J connectivity index is 2.00. The zero-order chi connectivity index (χ0) is 16.4. The van der Waals surface area contributed by atoms with Gasteiger partial charge >= 0.3 is 5.97 Å². The summed E-state index contributed by atoms with van der Waals surface area (Å²) in [5.41, 5.74) is 2.46. The minimum atomic E-state index is -0.994. The van der Waals surface area contributed by atoms with E-state index in [0.717, 1.165) is 11.1 Å². The van der Waals surface area contributed by atoms with Crippen molar-refractivity contribution in [2.24, 2.45) is 0 Å². The molecule has 1 amide bonds. The largest absolute Gasteiger partial charge is 0.481 e. The van der Waals surface area contributed by atoms with Crippen molar-refractivity contribution in [1.82, 2.24) is 4.98 Å². The van der Waals surface area contributed by atoms with Gasteiger partial charge in [-0.25, -0.2) is 4.98 Å². The molecule has 1 aromatic carbocycles. The molecule has 2 heterocycles. The van der Waals surface area contributed by atoms with Crippen LogP contribution in [-0.2, 0) is 16.1 Å². The lowest BCUT2D eigenvalue weighted by molar-refractivity contribution is -0.138. The molecule has 0 saturated heterocycles. The first-order valence-electron chi connectivity index (χ1n) is 7.29. The van der Waals surface area contributed by atoms with Gasteiger partial charge in [0.1, 0.15) is 11.4 Å². The highest BCUT2D eigenvalue weighted by molar-refractivity contribution is 5.96. The highest BCUT2D eigenvalue weighted by Gasteiger charge is 2.26. The van der Waals surface area contributed by atoms with Crippen LogP contribution >= 0.6 is 0 Å². The second-order valence-corrected chi connectivity index (χ2v) is 5.41. The number of aliphatic carboxylic acids is 1. The number of ether oxygens (including phenoxy) is 1. The molecule has 6 nitrogen and oxygen atoms in total. The van der Waals surface area contributed by atoms with Crippen molar-refractivity contribution in [3.05, 3.63) is 47.7 Å². The molecule has 118 valence electrons. The third kappa shape index (κ3) is 3.15. The van der Waals surface area contributed by atoms with E-state index in [9.17, 15) is 9.59 Å². The Labute approximate surface area is 133 Å². The first-order chi connectivity index (χ1) is 11.0. The summed E-state index contributed by atoms with van der Waals surface area (Å²) in [6.45, 7) is 2.29. The molecule has 0 aliphatic carbocycles. The summed E-state index contributed by atoms with van der Waals surface area (Å²) in [4.78, 5) is 28.9. The molecule has 0 spiro atoms. The number of aryl methyl sites for hydroxylation is 1. The normalized spacial score (nSPS) is 12.7. The number of pyridine rings is 1. The molecule has 1 aromatic heterocycles. The number of fused-ring (bicyclic) bond motifs is 2. The summed E-state index contributed by atoms with van der Waals surface area (Å²) >= 11 is 0. The van der Waals surface area contributed by atoms with Crippen LogP contribution in [0, 0.1) is 6.92 Å². The Kier molecular flexibility index (Phi) is 3.97. The van der Waals surface area contributed by atoms with Crippen LogP contribution < -0.4 is 9.64 Å². The molecule has 0 fully saturated rings. The van der Waals surface area contributed by atoms with E-state index in [1.54, 1.807) is 18.3 Å². The van der Waals surface area contributed by atoms with E-state index in [-0.39, 0.29) is 18.7 Å². The van der Waals surface area contributed by atoms with Crippen LogP contribution in [0.3, 0.4) is 0 Å². The summed E-state index contributed by atoms with van der Waals surface area (Å²) in [5, 5.41) is 8.79. The molecule has 1 aliphatic heterocycles. The van der Waals surface area contributed by atoms with Crippen LogP contribution in [0.15, 0.2) is 36.5 Å². The smallest absolute Gasteiger partial charge is 0.303 e. The first-order valence-corrected chi connectivity index (χ1v) is 7.29. The minimum absolute atomic E-state index is 0.0646. The van der Waals surface area contributed by atoms with Gasteiger partial charge in [0.2, 0.25) is 11.8 Å². The number of benzene rings is 1. The van der Waals surface area contributed by atoms with Crippen LogP contribution in [0.2, 0.25) is 0 Å². The summed E-state index contributed by atoms with van der Waals surface area (Å²) in [7, 11) is 0. The fraction of sp³-hybridized carbons (Fsp3) is 0.235. The van der Waals surface area contributed by atoms with Gasteiger partial charge in [0.25, 0.3) is 0 Å². The van der Waals surface area contributed by atoms with Crippen LogP contribution in [0.5, 0.6) is 11.6 Å². The van der Waals surface area contributed by atoms with Gasteiger partial charge in [-0.15, -0.1) is 0 Å². The van der Waals surface area contributed by atoms with Gasteiger partial charge < -0.3 is 14.7 Å². The van der Waals surface area contributed by atoms with Crippen molar-refractivity contribution >= 4 is 17.6 Å². The number of hydrogen-bond donors (Lipinski definition) is 1. The molecule has 0 bridgehead atoms. The molecule has 3 rings (SSSR count). The Morgan fingerprint density at radius 2 is 2.13 bits per heavy atom. The van der Waals surface area contributed by atoms with E-state index in [2.05, 4.69) is 4.98 Å². The number of hydrogen-bond acceptors (Lipinski definition) is 4. The number of rotatable bonds is 3. The molecule has 0 unspecified atom stereocenters. The molecule has 6 heteroatoms. The van der Waals surface area contributed by atoms with E-state index in [1.807, 2.05) is 25.1 Å². The van der Waals surface area contributed by atoms with Gasteiger partial charge in [-0.2, -0.15) is 0 Å². The lowest BCUT2D eigenvalue weighted by atomic mass is 10.1. The minimum Gasteiger partial charge on any atom is -0.481 e. The van der Waals surface area contributed by atoms with Gasteiger partial charge in [0.05, 0.1) is 13.0 Å². The number of carbonyl (C=O) groups is 2. The number of carboxylic acids is 1. The van der Waals surface area contributed by atoms with E-state index >= 15 is 0 Å². The van der Waals surface area contributed by atoms with Crippen LogP contribution in [0.1, 0.15) is 24.0 Å². The van der Waals surface area contributed by atoms with Crippen molar-refractivity contribution in [2.45, 2.75) is 26.3 Å². The first kappa shape index (κ1) is 15.0. The van der Waals surface area contributed by atoms with E-state index < -0.39 is 5.97 Å². The number of nitrogens with zero attached hydrogens (tertiary/aromatic N) is 2. The second-order valence-electron chi connectivity index (χ2n) is 5.41. The summed E-state index contributed by atoms with van der Waals surface area (Å²) in [6.07, 6.45) is 1.33. The molecular formula is C17H16N2O4. The highest BCUT2D eigenvalue weighted by Crippen LogP contribution is 2.37. The van der Waals surface area contributed by atoms with Crippen molar-refractivity contribution < 1.29 is 19.4 Å². The van der Waals surface area contributed by atoms with Crippen molar-refractivity contribution in [1.29, 1.82) is 0 Å². The van der Waals surface area contributed by atoms with Crippen LogP contribution in [0.4, 0.5) is 5.69 Å². The predicted octanol–water partition coefficient (Wildman–Crippen LogP) is 2.89. The molecule has 0 atom stereocenters. The Hall–Kier alpha value is -2.89. The molecule has 0 saturated carbocycles. The third-order valence-electron chi connectivity index (χ3n) is 3.65. The topological polar surface area (TPSA) is 79.7 Å². The van der Waals surface area contributed by atoms with Gasteiger partial charge in [-0.3, -0.25) is 9.59 Å². The van der Waals surface area contributed by atoms with Crippen LogP contribution in [0.25, 0.3) is 0 Å². The van der Waals surface area contributed by atoms with Gasteiger partial charge in [0, 0.05) is 18.2 Å². The fourth-order valence-electron chi connectivity index (χ4n) is 2.48. The molecular weight excluding hydrogens is 296 g/mol. The monoisotopic (exact) mass is 312 g/mol. The standard InChI is InChI=1S/C17H16N2O4/c1-11-4-5-12-10-19(15(20)6-7-16(21)22)13-3-2-8-18-17(13)23-14(12)9-11/h2-5,8-9H,6-7,10H2,1H3,(H,21,22). The number of carboxylic acid groups (broad SMARTS) is 1. The highest BCUT2D eigenvalue weighted by atomic mass is 16.5. The predicted molar refractivity (Wildman–Crippen MR) is 83.5 cm³/mol. The van der Waals surface area contributed by atoms with Crippen molar-refractivity contribution in [2.75, 3.05) is 4.90 Å². The van der Waals surface area contributed by atoms with Crippen molar-refractivity contribution in [3.8, 4) is 11.6 Å². The van der Waals surface area contributed by atoms with E-state index in [0.29, 0.717) is 23.9 Å². The van der Waals surface area contributed by atoms with Gasteiger partial charge in [-0.05, 0) is 30.7 Å². The third-order valence-corrected chi connectivity index (χ3v) is 3.65. The number of aromatic nitrogens is 1. The maximum absolute atomic E-state index is 12.5. The van der Waals surface area contributed by atoms with E-state index in [1.165, 1.54) is 4.90 Å². The molecule has 1 aliphatic rings. The fourth-order valence-corrected chi connectivity index (χ4v) is 2.48. The zero-order valence-electron chi connectivity index (χ0n) is 12.7.